The summed E-state index contributed by atoms with van der Waals surface area (Å²) in [6.07, 6.45) is 8.08. The van der Waals surface area contributed by atoms with Gasteiger partial charge in [0.25, 0.3) is 0 Å². The first-order chi connectivity index (χ1) is 8.24. The summed E-state index contributed by atoms with van der Waals surface area (Å²) in [6, 6.07) is 8.36. The van der Waals surface area contributed by atoms with Crippen LogP contribution in [0.3, 0.4) is 0 Å². The van der Waals surface area contributed by atoms with E-state index in [1.165, 1.54) is 44.1 Å². The van der Waals surface area contributed by atoms with E-state index in [1.807, 2.05) is 12.1 Å². The maximum atomic E-state index is 5.94. The fourth-order valence-corrected chi connectivity index (χ4v) is 3.25. The minimum absolute atomic E-state index is 0.473. The van der Waals surface area contributed by atoms with Crippen LogP contribution in [0.2, 0.25) is 5.02 Å². The van der Waals surface area contributed by atoms with Crippen LogP contribution < -0.4 is 5.32 Å². The Morgan fingerprint density at radius 1 is 1.12 bits per heavy atom. The Morgan fingerprint density at radius 2 is 1.76 bits per heavy atom. The zero-order valence-corrected chi connectivity index (χ0v) is 11.4. The van der Waals surface area contributed by atoms with Crippen LogP contribution in [-0.2, 0) is 6.42 Å². The second kappa shape index (κ2) is 5.88. The van der Waals surface area contributed by atoms with Crippen LogP contribution in [0.4, 0.5) is 0 Å². The van der Waals surface area contributed by atoms with E-state index in [9.17, 15) is 0 Å². The van der Waals surface area contributed by atoms with Gasteiger partial charge in [0.1, 0.15) is 0 Å². The maximum absolute atomic E-state index is 5.94. The van der Waals surface area contributed by atoms with Crippen molar-refractivity contribution >= 4 is 11.6 Å². The second-order valence-electron chi connectivity index (χ2n) is 5.39. The standard InChI is InChI=1S/C15H22ClN/c1-17-12-15(9-3-2-4-10-15)11-13-5-7-14(16)8-6-13/h5-8,17H,2-4,9-12H2,1H3. The third-order valence-electron chi connectivity index (χ3n) is 3.96. The van der Waals surface area contributed by atoms with E-state index in [-0.39, 0.29) is 0 Å². The SMILES string of the molecule is CNCC1(Cc2ccc(Cl)cc2)CCCCC1. The summed E-state index contributed by atoms with van der Waals surface area (Å²) in [6.45, 7) is 1.13. The lowest BCUT2D eigenvalue weighted by atomic mass is 9.70. The van der Waals surface area contributed by atoms with E-state index in [2.05, 4.69) is 24.5 Å². The highest BCUT2D eigenvalue weighted by Gasteiger charge is 2.31. The van der Waals surface area contributed by atoms with Crippen molar-refractivity contribution in [2.45, 2.75) is 38.5 Å². The summed E-state index contributed by atoms with van der Waals surface area (Å²) in [7, 11) is 2.07. The molecule has 94 valence electrons. The number of rotatable bonds is 4. The predicted octanol–water partition coefficient (Wildman–Crippen LogP) is 4.05. The molecule has 0 spiro atoms. The summed E-state index contributed by atoms with van der Waals surface area (Å²) in [5, 5.41) is 4.22. The lowest BCUT2D eigenvalue weighted by Crippen LogP contribution is -2.36. The molecular weight excluding hydrogens is 230 g/mol. The normalized spacial score (nSPS) is 19.2. The van der Waals surface area contributed by atoms with Crippen LogP contribution in [-0.4, -0.2) is 13.6 Å². The highest BCUT2D eigenvalue weighted by atomic mass is 35.5. The maximum Gasteiger partial charge on any atom is 0.0406 e. The van der Waals surface area contributed by atoms with Crippen molar-refractivity contribution in [2.24, 2.45) is 5.41 Å². The van der Waals surface area contributed by atoms with Gasteiger partial charge < -0.3 is 5.32 Å². The molecule has 0 atom stereocenters. The monoisotopic (exact) mass is 251 g/mol. The minimum Gasteiger partial charge on any atom is -0.319 e. The van der Waals surface area contributed by atoms with Gasteiger partial charge in [-0.05, 0) is 49.4 Å². The molecule has 0 saturated heterocycles. The number of hydrogen-bond acceptors (Lipinski definition) is 1. The summed E-state index contributed by atoms with van der Waals surface area (Å²) in [5.74, 6) is 0. The first kappa shape index (κ1) is 12.9. The highest BCUT2D eigenvalue weighted by Crippen LogP contribution is 2.38. The molecule has 1 aliphatic rings. The quantitative estimate of drug-likeness (QED) is 0.851. The molecule has 1 aromatic rings. The van der Waals surface area contributed by atoms with Crippen LogP contribution in [0.25, 0.3) is 0 Å². The van der Waals surface area contributed by atoms with Crippen molar-refractivity contribution in [3.63, 3.8) is 0 Å². The van der Waals surface area contributed by atoms with Gasteiger partial charge in [-0.1, -0.05) is 43.0 Å². The van der Waals surface area contributed by atoms with Gasteiger partial charge in [0.15, 0.2) is 0 Å². The summed E-state index contributed by atoms with van der Waals surface area (Å²) >= 11 is 5.94. The van der Waals surface area contributed by atoms with Gasteiger partial charge in [0.2, 0.25) is 0 Å². The summed E-state index contributed by atoms with van der Waals surface area (Å²) in [5.41, 5.74) is 1.90. The van der Waals surface area contributed by atoms with Crippen LogP contribution >= 0.6 is 11.6 Å². The molecule has 0 heterocycles. The fourth-order valence-electron chi connectivity index (χ4n) is 3.13. The van der Waals surface area contributed by atoms with E-state index in [0.717, 1.165) is 11.6 Å². The van der Waals surface area contributed by atoms with Gasteiger partial charge in [0, 0.05) is 11.6 Å². The predicted molar refractivity (Wildman–Crippen MR) is 74.6 cm³/mol. The van der Waals surface area contributed by atoms with Crippen molar-refractivity contribution in [3.05, 3.63) is 34.9 Å². The molecular formula is C15H22ClN. The Balaban J connectivity index is 2.08. The third-order valence-corrected chi connectivity index (χ3v) is 4.21. The molecule has 1 aromatic carbocycles. The zero-order chi connectivity index (χ0) is 12.1. The number of halogens is 1. The average Bonchev–Trinajstić information content (AvgIpc) is 2.34. The topological polar surface area (TPSA) is 12.0 Å². The molecule has 1 fully saturated rings. The molecule has 0 aliphatic heterocycles. The number of nitrogens with one attached hydrogen (secondary N) is 1. The van der Waals surface area contributed by atoms with Crippen LogP contribution in [0.15, 0.2) is 24.3 Å². The van der Waals surface area contributed by atoms with Crippen molar-refractivity contribution in [1.29, 1.82) is 0 Å². The average molecular weight is 252 g/mol. The molecule has 2 rings (SSSR count). The molecule has 1 nitrogen and oxygen atoms in total. The first-order valence-electron chi connectivity index (χ1n) is 6.63. The van der Waals surface area contributed by atoms with Crippen LogP contribution in [0.1, 0.15) is 37.7 Å². The first-order valence-corrected chi connectivity index (χ1v) is 7.01. The van der Waals surface area contributed by atoms with Crippen molar-refractivity contribution in [2.75, 3.05) is 13.6 Å². The fraction of sp³-hybridized carbons (Fsp3) is 0.600. The van der Waals surface area contributed by atoms with Crippen molar-refractivity contribution in [1.82, 2.24) is 5.32 Å². The second-order valence-corrected chi connectivity index (χ2v) is 5.83. The highest BCUT2D eigenvalue weighted by molar-refractivity contribution is 6.30. The van der Waals surface area contributed by atoms with Crippen molar-refractivity contribution in [3.8, 4) is 0 Å². The smallest absolute Gasteiger partial charge is 0.0406 e. The van der Waals surface area contributed by atoms with E-state index >= 15 is 0 Å². The minimum atomic E-state index is 0.473. The van der Waals surface area contributed by atoms with E-state index in [0.29, 0.717) is 5.41 Å². The summed E-state index contributed by atoms with van der Waals surface area (Å²) < 4.78 is 0. The number of benzene rings is 1. The van der Waals surface area contributed by atoms with Gasteiger partial charge in [0.05, 0.1) is 0 Å². The van der Waals surface area contributed by atoms with Gasteiger partial charge in [-0.2, -0.15) is 0 Å². The molecule has 0 unspecified atom stereocenters. The lowest BCUT2D eigenvalue weighted by molar-refractivity contribution is 0.185. The van der Waals surface area contributed by atoms with Gasteiger partial charge in [-0.25, -0.2) is 0 Å². The molecule has 0 radical (unpaired) electrons. The molecule has 2 heteroatoms. The molecule has 1 aliphatic carbocycles. The Labute approximate surface area is 110 Å². The Bertz CT molecular complexity index is 333. The summed E-state index contributed by atoms with van der Waals surface area (Å²) in [4.78, 5) is 0. The molecule has 17 heavy (non-hydrogen) atoms. The number of hydrogen-bond donors (Lipinski definition) is 1. The van der Waals surface area contributed by atoms with Gasteiger partial charge >= 0.3 is 0 Å². The lowest BCUT2D eigenvalue weighted by Gasteiger charge is -2.37. The molecule has 1 saturated carbocycles. The molecule has 0 amide bonds. The molecule has 0 aromatic heterocycles. The Kier molecular flexibility index (Phi) is 4.47. The largest absolute Gasteiger partial charge is 0.319 e. The van der Waals surface area contributed by atoms with E-state index in [4.69, 9.17) is 11.6 Å². The Hall–Kier alpha value is -0.530. The molecule has 1 N–H and O–H groups in total. The third kappa shape index (κ3) is 3.46. The van der Waals surface area contributed by atoms with Crippen LogP contribution in [0.5, 0.6) is 0 Å². The van der Waals surface area contributed by atoms with E-state index in [1.54, 1.807) is 0 Å². The molecule has 0 bridgehead atoms. The van der Waals surface area contributed by atoms with Gasteiger partial charge in [-0.3, -0.25) is 0 Å². The van der Waals surface area contributed by atoms with Crippen molar-refractivity contribution < 1.29 is 0 Å². The van der Waals surface area contributed by atoms with Crippen LogP contribution in [0, 0.1) is 5.41 Å². The Morgan fingerprint density at radius 3 is 2.35 bits per heavy atom. The van der Waals surface area contributed by atoms with E-state index < -0.39 is 0 Å². The zero-order valence-electron chi connectivity index (χ0n) is 10.6. The van der Waals surface area contributed by atoms with Gasteiger partial charge in [-0.15, -0.1) is 0 Å².